The molecule has 3 aromatic rings. The lowest BCUT2D eigenvalue weighted by Crippen LogP contribution is -2.41. The Morgan fingerprint density at radius 2 is 1.67 bits per heavy atom. The second-order valence-corrected chi connectivity index (χ2v) is 7.19. The topological polar surface area (TPSA) is 71.9 Å². The van der Waals surface area contributed by atoms with Crippen molar-refractivity contribution in [3.05, 3.63) is 76.6 Å². The molecule has 2 amide bonds. The number of amides is 2. The fourth-order valence-electron chi connectivity index (χ4n) is 3.65. The van der Waals surface area contributed by atoms with E-state index in [4.69, 9.17) is 4.74 Å². The quantitative estimate of drug-likeness (QED) is 0.667. The van der Waals surface area contributed by atoms with E-state index in [-0.39, 0.29) is 23.9 Å². The van der Waals surface area contributed by atoms with E-state index in [2.05, 4.69) is 0 Å². The van der Waals surface area contributed by atoms with Crippen LogP contribution in [-0.4, -0.2) is 54.6 Å². The summed E-state index contributed by atoms with van der Waals surface area (Å²) in [5, 5.41) is 0.656. The second kappa shape index (κ2) is 8.51. The van der Waals surface area contributed by atoms with Gasteiger partial charge in [-0.05, 0) is 18.2 Å². The van der Waals surface area contributed by atoms with E-state index in [1.54, 1.807) is 24.1 Å². The van der Waals surface area contributed by atoms with Gasteiger partial charge in [0.05, 0.1) is 24.3 Å². The minimum atomic E-state index is -0.375. The van der Waals surface area contributed by atoms with Crippen LogP contribution in [0.1, 0.15) is 10.4 Å². The molecule has 0 atom stereocenters. The van der Waals surface area contributed by atoms with Crippen LogP contribution in [0.3, 0.4) is 0 Å². The van der Waals surface area contributed by atoms with Crippen LogP contribution in [-0.2, 0) is 16.1 Å². The summed E-state index contributed by atoms with van der Waals surface area (Å²) in [7, 11) is 1.68. The molecule has 1 aliphatic heterocycles. The zero-order valence-corrected chi connectivity index (χ0v) is 16.8. The zero-order chi connectivity index (χ0) is 21.1. The van der Waals surface area contributed by atoms with E-state index in [9.17, 15) is 14.4 Å². The van der Waals surface area contributed by atoms with Crippen molar-refractivity contribution >= 4 is 28.4 Å². The summed E-state index contributed by atoms with van der Waals surface area (Å²) < 4.78 is 6.74. The van der Waals surface area contributed by atoms with Gasteiger partial charge in [0.1, 0.15) is 6.54 Å². The highest BCUT2D eigenvalue weighted by Crippen LogP contribution is 2.20. The van der Waals surface area contributed by atoms with E-state index in [0.717, 1.165) is 5.69 Å². The molecule has 1 aromatic heterocycles. The number of anilines is 1. The van der Waals surface area contributed by atoms with Gasteiger partial charge in [-0.1, -0.05) is 36.4 Å². The lowest BCUT2D eigenvalue weighted by molar-refractivity contribution is -0.118. The highest BCUT2D eigenvalue weighted by Gasteiger charge is 2.23. The van der Waals surface area contributed by atoms with Gasteiger partial charge < -0.3 is 14.5 Å². The zero-order valence-electron chi connectivity index (χ0n) is 16.8. The van der Waals surface area contributed by atoms with Gasteiger partial charge in [0.2, 0.25) is 5.91 Å². The minimum Gasteiger partial charge on any atom is -0.378 e. The molecule has 154 valence electrons. The van der Waals surface area contributed by atoms with Gasteiger partial charge in [0, 0.05) is 37.3 Å². The summed E-state index contributed by atoms with van der Waals surface area (Å²) in [5.41, 5.74) is 1.30. The summed E-state index contributed by atoms with van der Waals surface area (Å²) in [6, 6.07) is 17.8. The van der Waals surface area contributed by atoms with Crippen molar-refractivity contribution in [2.24, 2.45) is 0 Å². The molecule has 1 aliphatic rings. The fourth-order valence-corrected chi connectivity index (χ4v) is 3.65. The number of morpholine rings is 1. The number of nitrogens with zero attached hydrogens (tertiary/aromatic N) is 3. The highest BCUT2D eigenvalue weighted by molar-refractivity contribution is 6.06. The van der Waals surface area contributed by atoms with Crippen molar-refractivity contribution in [2.75, 3.05) is 38.3 Å². The molecule has 1 saturated heterocycles. The summed E-state index contributed by atoms with van der Waals surface area (Å²) in [5.74, 6) is -0.410. The number of hydrogen-bond donors (Lipinski definition) is 0. The minimum absolute atomic E-state index is 0.114. The predicted octanol–water partition coefficient (Wildman–Crippen LogP) is 2.14. The van der Waals surface area contributed by atoms with Crippen LogP contribution in [0.2, 0.25) is 0 Å². The largest absolute Gasteiger partial charge is 0.378 e. The Labute approximate surface area is 174 Å². The Bertz CT molecular complexity index is 1130. The molecule has 1 fully saturated rings. The second-order valence-electron chi connectivity index (χ2n) is 7.19. The highest BCUT2D eigenvalue weighted by atomic mass is 16.5. The third-order valence-electron chi connectivity index (χ3n) is 5.36. The van der Waals surface area contributed by atoms with Crippen LogP contribution >= 0.6 is 0 Å². The Morgan fingerprint density at radius 1 is 1.00 bits per heavy atom. The van der Waals surface area contributed by atoms with Crippen LogP contribution in [0.5, 0.6) is 0 Å². The van der Waals surface area contributed by atoms with E-state index in [0.29, 0.717) is 42.8 Å². The number of likely N-dealkylation sites (N-methyl/N-ethyl adjacent to an activating group) is 1. The Hall–Kier alpha value is -3.45. The van der Waals surface area contributed by atoms with Crippen molar-refractivity contribution in [1.29, 1.82) is 0 Å². The molecule has 7 heteroatoms. The van der Waals surface area contributed by atoms with Gasteiger partial charge in [-0.15, -0.1) is 0 Å². The number of fused-ring (bicyclic) bond motifs is 1. The molecule has 0 saturated carbocycles. The Balaban J connectivity index is 1.70. The van der Waals surface area contributed by atoms with Crippen molar-refractivity contribution < 1.29 is 14.3 Å². The fraction of sp³-hybridized carbons (Fsp3) is 0.261. The molecular formula is C23H23N3O4. The Kier molecular flexibility index (Phi) is 5.63. The monoisotopic (exact) mass is 405 g/mol. The van der Waals surface area contributed by atoms with Gasteiger partial charge in [-0.2, -0.15) is 0 Å². The predicted molar refractivity (Wildman–Crippen MR) is 115 cm³/mol. The molecule has 30 heavy (non-hydrogen) atoms. The van der Waals surface area contributed by atoms with Gasteiger partial charge in [0.15, 0.2) is 0 Å². The number of ether oxygens (including phenoxy) is 1. The molecule has 2 aromatic carbocycles. The van der Waals surface area contributed by atoms with Crippen LogP contribution < -0.4 is 10.5 Å². The normalized spacial score (nSPS) is 14.0. The van der Waals surface area contributed by atoms with Crippen molar-refractivity contribution in [1.82, 2.24) is 9.47 Å². The van der Waals surface area contributed by atoms with Gasteiger partial charge in [0.25, 0.3) is 11.5 Å². The van der Waals surface area contributed by atoms with E-state index >= 15 is 0 Å². The molecule has 0 aliphatic carbocycles. The third kappa shape index (κ3) is 3.84. The van der Waals surface area contributed by atoms with Crippen LogP contribution in [0.15, 0.2) is 65.5 Å². The number of carbonyl (C=O) groups excluding carboxylic acids is 2. The molecule has 0 N–H and O–H groups in total. The molecule has 0 unspecified atom stereocenters. The summed E-state index contributed by atoms with van der Waals surface area (Å²) >= 11 is 0. The molecular weight excluding hydrogens is 382 g/mol. The van der Waals surface area contributed by atoms with Crippen LogP contribution in [0.25, 0.3) is 10.9 Å². The average Bonchev–Trinajstić information content (AvgIpc) is 2.80. The molecule has 7 nitrogen and oxygen atoms in total. The van der Waals surface area contributed by atoms with E-state index < -0.39 is 0 Å². The first-order valence-electron chi connectivity index (χ1n) is 9.87. The maximum Gasteiger partial charge on any atom is 0.254 e. The van der Waals surface area contributed by atoms with Gasteiger partial charge >= 0.3 is 0 Å². The SMILES string of the molecule is CN(C(=O)Cn1c(=O)cc(C(=O)N2CCOCC2)c2ccccc21)c1ccccc1. The summed E-state index contributed by atoms with van der Waals surface area (Å²) in [6.45, 7) is 1.85. The van der Waals surface area contributed by atoms with Gasteiger partial charge in [-0.25, -0.2) is 0 Å². The molecule has 0 radical (unpaired) electrons. The number of benzene rings is 2. The number of aromatic nitrogens is 1. The summed E-state index contributed by atoms with van der Waals surface area (Å²) in [6.07, 6.45) is 0. The summed E-state index contributed by atoms with van der Waals surface area (Å²) in [4.78, 5) is 42.0. The first-order chi connectivity index (χ1) is 14.6. The number of hydrogen-bond acceptors (Lipinski definition) is 4. The van der Waals surface area contributed by atoms with E-state index in [1.165, 1.54) is 15.5 Å². The van der Waals surface area contributed by atoms with Crippen LogP contribution in [0, 0.1) is 0 Å². The lowest BCUT2D eigenvalue weighted by Gasteiger charge is -2.27. The number of rotatable bonds is 4. The maximum absolute atomic E-state index is 13.0. The first kappa shape index (κ1) is 19.8. The first-order valence-corrected chi connectivity index (χ1v) is 9.87. The van der Waals surface area contributed by atoms with Crippen molar-refractivity contribution in [3.63, 3.8) is 0 Å². The van der Waals surface area contributed by atoms with Crippen molar-refractivity contribution in [3.8, 4) is 0 Å². The number of carbonyl (C=O) groups is 2. The van der Waals surface area contributed by atoms with E-state index in [1.807, 2.05) is 42.5 Å². The standard InChI is InChI=1S/C23H23N3O4/c1-24(17-7-3-2-4-8-17)22(28)16-26-20-10-6-5-9-18(20)19(15-21(26)27)23(29)25-11-13-30-14-12-25/h2-10,15H,11-14,16H2,1H3. The lowest BCUT2D eigenvalue weighted by atomic mass is 10.1. The smallest absolute Gasteiger partial charge is 0.254 e. The molecule has 4 rings (SSSR count). The molecule has 0 bridgehead atoms. The number of para-hydroxylation sites is 2. The van der Waals surface area contributed by atoms with Crippen molar-refractivity contribution in [2.45, 2.75) is 6.54 Å². The van der Waals surface area contributed by atoms with Crippen LogP contribution in [0.4, 0.5) is 5.69 Å². The average molecular weight is 405 g/mol. The molecule has 0 spiro atoms. The third-order valence-corrected chi connectivity index (χ3v) is 5.36. The van der Waals surface area contributed by atoms with Gasteiger partial charge in [-0.3, -0.25) is 19.0 Å². The number of pyridine rings is 1. The Morgan fingerprint density at radius 3 is 2.40 bits per heavy atom. The maximum atomic E-state index is 13.0. The molecule has 2 heterocycles.